The van der Waals surface area contributed by atoms with Gasteiger partial charge in [0.05, 0.1) is 12.5 Å². The van der Waals surface area contributed by atoms with Gasteiger partial charge in [0, 0.05) is 0 Å². The van der Waals surface area contributed by atoms with Gasteiger partial charge in [-0.3, -0.25) is 4.79 Å². The van der Waals surface area contributed by atoms with Gasteiger partial charge in [-0.15, -0.1) is 0 Å². The van der Waals surface area contributed by atoms with Crippen molar-refractivity contribution in [3.05, 3.63) is 22.2 Å². The van der Waals surface area contributed by atoms with Gasteiger partial charge in [0.1, 0.15) is 11.3 Å². The van der Waals surface area contributed by atoms with E-state index >= 15 is 0 Å². The number of ether oxygens (including phenoxy) is 3. The number of aryl methyl sites for hydroxylation is 1. The van der Waals surface area contributed by atoms with Gasteiger partial charge in [-0.25, -0.2) is 9.66 Å². The fourth-order valence-corrected chi connectivity index (χ4v) is 1.96. The van der Waals surface area contributed by atoms with E-state index in [9.17, 15) is 4.79 Å². The second-order valence-corrected chi connectivity index (χ2v) is 3.87. The van der Waals surface area contributed by atoms with Gasteiger partial charge < -0.3 is 20.1 Å². The average Bonchev–Trinajstić information content (AvgIpc) is 2.82. The molecule has 2 N–H and O–H groups in total. The van der Waals surface area contributed by atoms with E-state index < -0.39 is 0 Å². The van der Waals surface area contributed by atoms with Gasteiger partial charge in [-0.1, -0.05) is 0 Å². The van der Waals surface area contributed by atoms with E-state index in [1.54, 1.807) is 13.0 Å². The number of hydrogen-bond donors (Lipinski definition) is 1. The van der Waals surface area contributed by atoms with Crippen molar-refractivity contribution < 1.29 is 14.2 Å². The maximum absolute atomic E-state index is 12.1. The standard InChI is InChI=1S/C11H11N3O4/c1-5-13-8-6(11(15)14(5)12)3-7-9(10(8)16-2)18-4-17-7/h3H,4,12H2,1-2H3. The average molecular weight is 249 g/mol. The molecule has 1 aromatic heterocycles. The van der Waals surface area contributed by atoms with Crippen molar-refractivity contribution in [2.75, 3.05) is 19.7 Å². The molecular formula is C11H11N3O4. The molecule has 0 radical (unpaired) electrons. The van der Waals surface area contributed by atoms with Gasteiger partial charge in [-0.2, -0.15) is 0 Å². The Morgan fingerprint density at radius 3 is 3.00 bits per heavy atom. The van der Waals surface area contributed by atoms with E-state index in [0.717, 1.165) is 4.68 Å². The summed E-state index contributed by atoms with van der Waals surface area (Å²) in [5.74, 6) is 7.32. The molecule has 0 unspecified atom stereocenters. The molecule has 0 atom stereocenters. The highest BCUT2D eigenvalue weighted by atomic mass is 16.7. The van der Waals surface area contributed by atoms with Crippen LogP contribution in [0, 0.1) is 6.92 Å². The summed E-state index contributed by atoms with van der Waals surface area (Å²) in [6, 6.07) is 1.57. The second kappa shape index (κ2) is 3.52. The number of methoxy groups -OCH3 is 1. The minimum Gasteiger partial charge on any atom is -0.491 e. The molecule has 0 fully saturated rings. The summed E-state index contributed by atoms with van der Waals surface area (Å²) < 4.78 is 16.8. The maximum atomic E-state index is 12.1. The molecule has 94 valence electrons. The number of rotatable bonds is 1. The zero-order valence-electron chi connectivity index (χ0n) is 9.89. The van der Waals surface area contributed by atoms with E-state index in [1.807, 2.05) is 0 Å². The first-order valence-electron chi connectivity index (χ1n) is 5.28. The molecular weight excluding hydrogens is 238 g/mol. The molecule has 1 aliphatic rings. The molecule has 3 rings (SSSR count). The quantitative estimate of drug-likeness (QED) is 0.724. The van der Waals surface area contributed by atoms with Crippen molar-refractivity contribution in [1.29, 1.82) is 0 Å². The molecule has 1 aliphatic heterocycles. The lowest BCUT2D eigenvalue weighted by Crippen LogP contribution is -2.30. The van der Waals surface area contributed by atoms with Crippen LogP contribution in [-0.2, 0) is 0 Å². The molecule has 18 heavy (non-hydrogen) atoms. The summed E-state index contributed by atoms with van der Waals surface area (Å²) in [5.41, 5.74) is 0.0695. The smallest absolute Gasteiger partial charge is 0.280 e. The number of hydrogen-bond acceptors (Lipinski definition) is 6. The van der Waals surface area contributed by atoms with Crippen LogP contribution in [-0.4, -0.2) is 23.6 Å². The number of aromatic nitrogens is 2. The van der Waals surface area contributed by atoms with Crippen molar-refractivity contribution in [3.63, 3.8) is 0 Å². The Hall–Kier alpha value is -2.44. The van der Waals surface area contributed by atoms with E-state index in [2.05, 4.69) is 4.98 Å². The summed E-state index contributed by atoms with van der Waals surface area (Å²) in [6.07, 6.45) is 0. The molecule has 2 aromatic rings. The first-order valence-corrected chi connectivity index (χ1v) is 5.28. The Balaban J connectivity index is 2.51. The highest BCUT2D eigenvalue weighted by molar-refractivity contribution is 5.89. The zero-order valence-corrected chi connectivity index (χ0v) is 9.89. The Morgan fingerprint density at radius 1 is 1.50 bits per heavy atom. The van der Waals surface area contributed by atoms with Gasteiger partial charge in [0.15, 0.2) is 11.5 Å². The Labute approximate surface area is 102 Å². The fourth-order valence-electron chi connectivity index (χ4n) is 1.96. The van der Waals surface area contributed by atoms with Crippen LogP contribution in [0.1, 0.15) is 5.82 Å². The summed E-state index contributed by atoms with van der Waals surface area (Å²) in [6.45, 7) is 1.74. The van der Waals surface area contributed by atoms with E-state index in [0.29, 0.717) is 34.0 Å². The van der Waals surface area contributed by atoms with Gasteiger partial charge >= 0.3 is 0 Å². The van der Waals surface area contributed by atoms with Gasteiger partial charge in [-0.05, 0) is 13.0 Å². The third kappa shape index (κ3) is 1.24. The van der Waals surface area contributed by atoms with Crippen LogP contribution in [0.4, 0.5) is 0 Å². The zero-order chi connectivity index (χ0) is 12.9. The largest absolute Gasteiger partial charge is 0.491 e. The Bertz CT molecular complexity index is 708. The van der Waals surface area contributed by atoms with E-state index in [4.69, 9.17) is 20.1 Å². The minimum atomic E-state index is -0.353. The number of fused-ring (bicyclic) bond motifs is 2. The third-order valence-electron chi connectivity index (χ3n) is 2.87. The molecule has 0 saturated carbocycles. The van der Waals surface area contributed by atoms with Crippen LogP contribution in [0.5, 0.6) is 17.2 Å². The third-order valence-corrected chi connectivity index (χ3v) is 2.87. The van der Waals surface area contributed by atoms with Crippen LogP contribution in [0.25, 0.3) is 10.9 Å². The SMILES string of the molecule is COc1c2c(cc3c(=O)n(N)c(C)nc13)OCO2. The summed E-state index contributed by atoms with van der Waals surface area (Å²) in [5, 5.41) is 0.337. The van der Waals surface area contributed by atoms with Crippen LogP contribution < -0.4 is 25.6 Å². The van der Waals surface area contributed by atoms with Crippen molar-refractivity contribution >= 4 is 10.9 Å². The molecule has 0 aliphatic carbocycles. The molecule has 0 amide bonds. The first kappa shape index (κ1) is 10.7. The lowest BCUT2D eigenvalue weighted by molar-refractivity contribution is 0.171. The predicted octanol–water partition coefficient (Wildman–Crippen LogP) is 0.156. The van der Waals surface area contributed by atoms with Crippen LogP contribution in [0.3, 0.4) is 0 Å². The normalized spacial score (nSPS) is 13.0. The van der Waals surface area contributed by atoms with Crippen molar-refractivity contribution in [2.45, 2.75) is 6.92 Å². The Kier molecular flexibility index (Phi) is 2.09. The molecule has 0 bridgehead atoms. The topological polar surface area (TPSA) is 88.6 Å². The van der Waals surface area contributed by atoms with Crippen molar-refractivity contribution in [3.8, 4) is 17.2 Å². The number of nitrogens with two attached hydrogens (primary N) is 1. The first-order chi connectivity index (χ1) is 8.63. The predicted molar refractivity (Wildman–Crippen MR) is 63.6 cm³/mol. The van der Waals surface area contributed by atoms with E-state index in [1.165, 1.54) is 7.11 Å². The summed E-state index contributed by atoms with van der Waals surface area (Å²) in [7, 11) is 1.49. The number of benzene rings is 1. The molecule has 2 heterocycles. The Morgan fingerprint density at radius 2 is 2.28 bits per heavy atom. The van der Waals surface area contributed by atoms with Crippen molar-refractivity contribution in [1.82, 2.24) is 9.66 Å². The fraction of sp³-hybridized carbons (Fsp3) is 0.273. The lowest BCUT2D eigenvalue weighted by atomic mass is 10.2. The number of nitrogen functional groups attached to an aromatic ring is 1. The van der Waals surface area contributed by atoms with Gasteiger partial charge in [0.25, 0.3) is 5.56 Å². The summed E-state index contributed by atoms with van der Waals surface area (Å²) >= 11 is 0. The molecule has 1 aromatic carbocycles. The van der Waals surface area contributed by atoms with Crippen LogP contribution in [0.2, 0.25) is 0 Å². The summed E-state index contributed by atoms with van der Waals surface area (Å²) in [4.78, 5) is 16.3. The maximum Gasteiger partial charge on any atom is 0.280 e. The minimum absolute atomic E-state index is 0.0951. The van der Waals surface area contributed by atoms with Gasteiger partial charge in [0.2, 0.25) is 12.5 Å². The molecule has 7 nitrogen and oxygen atoms in total. The molecule has 7 heteroatoms. The second-order valence-electron chi connectivity index (χ2n) is 3.87. The van der Waals surface area contributed by atoms with Crippen LogP contribution in [0.15, 0.2) is 10.9 Å². The molecule has 0 saturated heterocycles. The monoisotopic (exact) mass is 249 g/mol. The van der Waals surface area contributed by atoms with E-state index in [-0.39, 0.29) is 12.4 Å². The highest BCUT2D eigenvalue weighted by Gasteiger charge is 2.24. The van der Waals surface area contributed by atoms with Crippen LogP contribution >= 0.6 is 0 Å². The van der Waals surface area contributed by atoms with Crippen molar-refractivity contribution in [2.24, 2.45) is 0 Å². The lowest BCUT2D eigenvalue weighted by Gasteiger charge is -2.10. The molecule has 0 spiro atoms. The number of nitrogens with zero attached hydrogens (tertiary/aromatic N) is 2. The highest BCUT2D eigenvalue weighted by Crippen LogP contribution is 2.44.